The standard InChI is InChI=1S/C31H39N3O10/c1-4-42-30(38)8-9-32-31(39)34-18-21-13-25(41-3)27(15-23(21)19-34)44-11-5-10-43-26-14-22-17-33(28(35)6-7-29(36)37)16-20(22)12-24(26)40-2/h12-15H,4-11,16-19H2,1-3H3,(H,32,39)(H,36,37). The van der Waals surface area contributed by atoms with E-state index >= 15 is 0 Å². The molecule has 13 nitrogen and oxygen atoms in total. The Hall–Kier alpha value is -4.68. The number of carbonyl (C=O) groups is 4. The largest absolute Gasteiger partial charge is 0.493 e. The number of esters is 1. The highest BCUT2D eigenvalue weighted by molar-refractivity contribution is 5.81. The van der Waals surface area contributed by atoms with Crippen molar-refractivity contribution in [1.29, 1.82) is 0 Å². The molecule has 238 valence electrons. The highest BCUT2D eigenvalue weighted by Crippen LogP contribution is 2.37. The van der Waals surface area contributed by atoms with Crippen LogP contribution in [-0.2, 0) is 45.3 Å². The number of fused-ring (bicyclic) bond motifs is 2. The minimum Gasteiger partial charge on any atom is -0.493 e. The fourth-order valence-corrected chi connectivity index (χ4v) is 5.09. The van der Waals surface area contributed by atoms with E-state index < -0.39 is 5.97 Å². The van der Waals surface area contributed by atoms with E-state index in [1.165, 1.54) is 0 Å². The number of urea groups is 1. The van der Waals surface area contributed by atoms with Gasteiger partial charge in [-0.15, -0.1) is 0 Å². The Balaban J connectivity index is 1.26. The summed E-state index contributed by atoms with van der Waals surface area (Å²) in [5.74, 6) is 0.696. The minimum absolute atomic E-state index is 0.0367. The van der Waals surface area contributed by atoms with Crippen molar-refractivity contribution in [1.82, 2.24) is 15.1 Å². The number of amides is 3. The predicted molar refractivity (Wildman–Crippen MR) is 157 cm³/mol. The Morgan fingerprint density at radius 1 is 0.750 bits per heavy atom. The van der Waals surface area contributed by atoms with Crippen molar-refractivity contribution < 1.29 is 48.0 Å². The van der Waals surface area contributed by atoms with E-state index in [-0.39, 0.29) is 43.7 Å². The van der Waals surface area contributed by atoms with Crippen LogP contribution in [0.1, 0.15) is 54.9 Å². The van der Waals surface area contributed by atoms with Crippen molar-refractivity contribution in [2.75, 3.05) is 40.6 Å². The minimum atomic E-state index is -0.998. The zero-order valence-corrected chi connectivity index (χ0v) is 25.3. The van der Waals surface area contributed by atoms with E-state index in [0.29, 0.717) is 75.4 Å². The quantitative estimate of drug-likeness (QED) is 0.226. The van der Waals surface area contributed by atoms with Gasteiger partial charge in [-0.2, -0.15) is 0 Å². The smallest absolute Gasteiger partial charge is 0.318 e. The number of hydrogen-bond acceptors (Lipinski definition) is 9. The second-order valence-corrected chi connectivity index (χ2v) is 10.4. The Morgan fingerprint density at radius 2 is 1.25 bits per heavy atom. The van der Waals surface area contributed by atoms with Crippen LogP contribution in [0, 0.1) is 0 Å². The lowest BCUT2D eigenvalue weighted by atomic mass is 10.1. The zero-order chi connectivity index (χ0) is 31.6. The first-order valence-corrected chi connectivity index (χ1v) is 14.6. The number of methoxy groups -OCH3 is 2. The maximum atomic E-state index is 12.6. The average Bonchev–Trinajstić information content (AvgIpc) is 3.62. The maximum absolute atomic E-state index is 12.6. The van der Waals surface area contributed by atoms with Gasteiger partial charge >= 0.3 is 18.0 Å². The van der Waals surface area contributed by atoms with Gasteiger partial charge in [-0.3, -0.25) is 14.4 Å². The molecule has 2 aromatic rings. The molecule has 4 rings (SSSR count). The lowest BCUT2D eigenvalue weighted by molar-refractivity contribution is -0.143. The van der Waals surface area contributed by atoms with Gasteiger partial charge in [-0.1, -0.05) is 0 Å². The molecule has 44 heavy (non-hydrogen) atoms. The van der Waals surface area contributed by atoms with Crippen LogP contribution < -0.4 is 24.3 Å². The van der Waals surface area contributed by atoms with Crippen LogP contribution in [0.4, 0.5) is 4.79 Å². The summed E-state index contributed by atoms with van der Waals surface area (Å²) in [6.07, 6.45) is 0.448. The van der Waals surface area contributed by atoms with Crippen molar-refractivity contribution in [2.45, 2.75) is 58.8 Å². The number of carbonyl (C=O) groups excluding carboxylic acids is 3. The van der Waals surface area contributed by atoms with Gasteiger partial charge in [-0.25, -0.2) is 4.79 Å². The van der Waals surface area contributed by atoms with E-state index in [4.69, 9.17) is 28.8 Å². The molecule has 0 atom stereocenters. The molecule has 2 N–H and O–H groups in total. The van der Waals surface area contributed by atoms with Gasteiger partial charge in [0.15, 0.2) is 23.0 Å². The molecule has 0 saturated carbocycles. The molecule has 13 heteroatoms. The van der Waals surface area contributed by atoms with Gasteiger partial charge in [0.25, 0.3) is 0 Å². The Bertz CT molecular complexity index is 1380. The Kier molecular flexibility index (Phi) is 11.1. The molecule has 2 aliphatic heterocycles. The molecule has 0 aliphatic carbocycles. The third kappa shape index (κ3) is 8.23. The molecule has 0 unspecified atom stereocenters. The third-order valence-electron chi connectivity index (χ3n) is 7.32. The number of hydrogen-bond donors (Lipinski definition) is 2. The average molecular weight is 614 g/mol. The highest BCUT2D eigenvalue weighted by atomic mass is 16.5. The summed E-state index contributed by atoms with van der Waals surface area (Å²) < 4.78 is 27.9. The van der Waals surface area contributed by atoms with Crippen LogP contribution in [0.25, 0.3) is 0 Å². The van der Waals surface area contributed by atoms with Crippen molar-refractivity contribution in [3.05, 3.63) is 46.5 Å². The molecule has 0 aromatic heterocycles. The SMILES string of the molecule is CCOC(=O)CCNC(=O)N1Cc2cc(OC)c(OCCCOc3cc4c(cc3OC)CN(C(=O)CCC(=O)O)C4)cc2C1. The summed E-state index contributed by atoms with van der Waals surface area (Å²) in [7, 11) is 3.12. The normalized spacial score (nSPS) is 13.2. The topological polar surface area (TPSA) is 153 Å². The first-order chi connectivity index (χ1) is 21.2. The lowest BCUT2D eigenvalue weighted by Gasteiger charge is -2.16. The van der Waals surface area contributed by atoms with Gasteiger partial charge in [0.1, 0.15) is 0 Å². The predicted octanol–water partition coefficient (Wildman–Crippen LogP) is 3.24. The summed E-state index contributed by atoms with van der Waals surface area (Å²) in [5.41, 5.74) is 3.79. The number of aliphatic carboxylic acids is 1. The van der Waals surface area contributed by atoms with Crippen LogP contribution in [0.2, 0.25) is 0 Å². The van der Waals surface area contributed by atoms with Crippen LogP contribution in [0.3, 0.4) is 0 Å². The Morgan fingerprint density at radius 3 is 1.73 bits per heavy atom. The second-order valence-electron chi connectivity index (χ2n) is 10.4. The van der Waals surface area contributed by atoms with Crippen LogP contribution in [0.15, 0.2) is 24.3 Å². The van der Waals surface area contributed by atoms with E-state index in [9.17, 15) is 19.2 Å². The molecule has 0 fully saturated rings. The maximum Gasteiger partial charge on any atom is 0.318 e. The third-order valence-corrected chi connectivity index (χ3v) is 7.32. The summed E-state index contributed by atoms with van der Waals surface area (Å²) >= 11 is 0. The van der Waals surface area contributed by atoms with Crippen molar-refractivity contribution >= 4 is 23.9 Å². The number of nitrogens with zero attached hydrogens (tertiary/aromatic N) is 2. The number of carboxylic acids is 1. The highest BCUT2D eigenvalue weighted by Gasteiger charge is 2.27. The summed E-state index contributed by atoms with van der Waals surface area (Å²) in [5, 5.41) is 11.6. The molecule has 3 amide bonds. The summed E-state index contributed by atoms with van der Waals surface area (Å²) in [6, 6.07) is 7.21. The van der Waals surface area contributed by atoms with Gasteiger partial charge in [0.05, 0.1) is 46.9 Å². The number of benzene rings is 2. The number of ether oxygens (including phenoxy) is 5. The number of rotatable bonds is 15. The lowest BCUT2D eigenvalue weighted by Crippen LogP contribution is -2.37. The fraction of sp³-hybridized carbons (Fsp3) is 0.484. The van der Waals surface area contributed by atoms with Crippen LogP contribution in [-0.4, -0.2) is 79.4 Å². The zero-order valence-electron chi connectivity index (χ0n) is 25.3. The summed E-state index contributed by atoms with van der Waals surface area (Å²) in [6.45, 7) is 4.57. The molecule has 0 saturated heterocycles. The van der Waals surface area contributed by atoms with Gasteiger partial charge in [0.2, 0.25) is 5.91 Å². The molecule has 0 bridgehead atoms. The molecule has 2 aliphatic rings. The van der Waals surface area contributed by atoms with Crippen LogP contribution in [0.5, 0.6) is 23.0 Å². The van der Waals surface area contributed by atoms with Crippen molar-refractivity contribution in [3.8, 4) is 23.0 Å². The molecule has 2 aromatic carbocycles. The van der Waals surface area contributed by atoms with Gasteiger partial charge in [0, 0.05) is 45.6 Å². The fourth-order valence-electron chi connectivity index (χ4n) is 5.09. The number of nitrogens with one attached hydrogen (secondary N) is 1. The van der Waals surface area contributed by atoms with E-state index in [1.54, 1.807) is 30.9 Å². The van der Waals surface area contributed by atoms with Gasteiger partial charge in [-0.05, 0) is 53.4 Å². The first-order valence-electron chi connectivity index (χ1n) is 14.6. The molecule has 0 radical (unpaired) electrons. The monoisotopic (exact) mass is 613 g/mol. The molecular weight excluding hydrogens is 574 g/mol. The molecule has 2 heterocycles. The van der Waals surface area contributed by atoms with E-state index in [2.05, 4.69) is 5.32 Å². The van der Waals surface area contributed by atoms with Crippen molar-refractivity contribution in [3.63, 3.8) is 0 Å². The Labute approximate surface area is 255 Å². The van der Waals surface area contributed by atoms with Crippen molar-refractivity contribution in [2.24, 2.45) is 0 Å². The van der Waals surface area contributed by atoms with Crippen LogP contribution >= 0.6 is 0 Å². The molecular formula is C31H39N3O10. The number of carboxylic acid groups (broad SMARTS) is 1. The van der Waals surface area contributed by atoms with E-state index in [1.807, 2.05) is 24.3 Å². The van der Waals surface area contributed by atoms with Gasteiger partial charge < -0.3 is 43.9 Å². The van der Waals surface area contributed by atoms with E-state index in [0.717, 1.165) is 22.3 Å². The second kappa shape index (κ2) is 15.2. The first kappa shape index (κ1) is 32.2. The summed E-state index contributed by atoms with van der Waals surface area (Å²) in [4.78, 5) is 50.6. The molecule has 0 spiro atoms.